The molecule has 5 aromatic rings. The summed E-state index contributed by atoms with van der Waals surface area (Å²) in [4.78, 5) is 8.85. The lowest BCUT2D eigenvalue weighted by Crippen LogP contribution is -2.20. The average Bonchev–Trinajstić information content (AvgIpc) is 3.51. The highest BCUT2D eigenvalue weighted by Gasteiger charge is 2.26. The SMILES string of the molecule is Nc1ncnc2c1c(-n1ccc3cc(F)c(OC4=CC=CCC4)cc31)nn2C1CCc2ccccc2C1. The number of nitrogen functional groups attached to an aromatic ring is 1. The number of nitrogens with two attached hydrogens (primary N) is 1. The van der Waals surface area contributed by atoms with Gasteiger partial charge in [-0.3, -0.25) is 4.57 Å². The molecule has 37 heavy (non-hydrogen) atoms. The summed E-state index contributed by atoms with van der Waals surface area (Å²) in [7, 11) is 0. The van der Waals surface area contributed by atoms with Gasteiger partial charge in [0, 0.05) is 24.1 Å². The van der Waals surface area contributed by atoms with E-state index >= 15 is 0 Å². The maximum absolute atomic E-state index is 14.9. The van der Waals surface area contributed by atoms with E-state index in [4.69, 9.17) is 15.6 Å². The zero-order valence-corrected chi connectivity index (χ0v) is 20.1. The molecule has 0 spiro atoms. The van der Waals surface area contributed by atoms with Crippen LogP contribution in [0.3, 0.4) is 0 Å². The Labute approximate surface area is 212 Å². The molecular weight excluding hydrogens is 467 g/mol. The van der Waals surface area contributed by atoms with Crippen LogP contribution in [0.4, 0.5) is 10.2 Å². The summed E-state index contributed by atoms with van der Waals surface area (Å²) >= 11 is 0. The van der Waals surface area contributed by atoms with Gasteiger partial charge in [-0.1, -0.05) is 36.4 Å². The molecular formula is C29H25FN6O. The van der Waals surface area contributed by atoms with Gasteiger partial charge in [-0.25, -0.2) is 19.0 Å². The van der Waals surface area contributed by atoms with Gasteiger partial charge in [0.25, 0.3) is 0 Å². The molecule has 184 valence electrons. The number of aromatic nitrogens is 5. The zero-order valence-electron chi connectivity index (χ0n) is 20.1. The summed E-state index contributed by atoms with van der Waals surface area (Å²) in [5.41, 5.74) is 10.6. The fourth-order valence-electron chi connectivity index (χ4n) is 5.49. The Balaban J connectivity index is 1.35. The Bertz CT molecular complexity index is 1730. The minimum Gasteiger partial charge on any atom is -0.459 e. The summed E-state index contributed by atoms with van der Waals surface area (Å²) in [6.07, 6.45) is 13.7. The van der Waals surface area contributed by atoms with Crippen LogP contribution in [0.25, 0.3) is 27.8 Å². The van der Waals surface area contributed by atoms with Gasteiger partial charge in [0.1, 0.15) is 23.3 Å². The second kappa shape index (κ2) is 8.58. The number of aryl methyl sites for hydroxylation is 1. The molecule has 7 rings (SSSR count). The van der Waals surface area contributed by atoms with Crippen LogP contribution in [0, 0.1) is 5.82 Å². The first-order valence-electron chi connectivity index (χ1n) is 12.6. The number of rotatable bonds is 4. The molecule has 0 saturated carbocycles. The van der Waals surface area contributed by atoms with Crippen LogP contribution in [-0.4, -0.2) is 24.3 Å². The van der Waals surface area contributed by atoms with Crippen LogP contribution >= 0.6 is 0 Å². The highest BCUT2D eigenvalue weighted by Crippen LogP contribution is 2.36. The van der Waals surface area contributed by atoms with Crippen LogP contribution < -0.4 is 10.5 Å². The fraction of sp³-hybridized carbons (Fsp3) is 0.207. The van der Waals surface area contributed by atoms with Gasteiger partial charge >= 0.3 is 0 Å². The smallest absolute Gasteiger partial charge is 0.172 e. The van der Waals surface area contributed by atoms with Crippen molar-refractivity contribution < 1.29 is 9.13 Å². The first-order chi connectivity index (χ1) is 18.2. The molecule has 2 N–H and O–H groups in total. The third kappa shape index (κ3) is 3.67. The van der Waals surface area contributed by atoms with Crippen LogP contribution in [0.1, 0.15) is 36.4 Å². The molecule has 0 fully saturated rings. The van der Waals surface area contributed by atoms with Crippen LogP contribution in [0.5, 0.6) is 5.75 Å². The quantitative estimate of drug-likeness (QED) is 0.341. The normalized spacial score (nSPS) is 17.2. The predicted molar refractivity (Wildman–Crippen MR) is 141 cm³/mol. The van der Waals surface area contributed by atoms with Crippen molar-refractivity contribution in [2.24, 2.45) is 0 Å². The van der Waals surface area contributed by atoms with E-state index in [1.54, 1.807) is 6.07 Å². The Kier molecular flexibility index (Phi) is 5.06. The number of benzene rings is 2. The van der Waals surface area contributed by atoms with Crippen molar-refractivity contribution in [3.8, 4) is 11.6 Å². The molecule has 0 amide bonds. The number of fused-ring (bicyclic) bond motifs is 3. The van der Waals surface area contributed by atoms with E-state index in [9.17, 15) is 4.39 Å². The van der Waals surface area contributed by atoms with E-state index in [-0.39, 0.29) is 11.8 Å². The first-order valence-corrected chi connectivity index (χ1v) is 12.6. The highest BCUT2D eigenvalue weighted by atomic mass is 19.1. The van der Waals surface area contributed by atoms with Crippen molar-refractivity contribution in [2.75, 3.05) is 5.73 Å². The fourth-order valence-corrected chi connectivity index (χ4v) is 5.49. The number of allylic oxidation sites excluding steroid dienone is 4. The van der Waals surface area contributed by atoms with Gasteiger partial charge in [0.05, 0.1) is 11.6 Å². The molecule has 0 bridgehead atoms. The van der Waals surface area contributed by atoms with Crippen LogP contribution in [-0.2, 0) is 12.8 Å². The summed E-state index contributed by atoms with van der Waals surface area (Å²) in [6.45, 7) is 0. The Hall–Kier alpha value is -4.46. The largest absolute Gasteiger partial charge is 0.459 e. The Morgan fingerprint density at radius 1 is 1.05 bits per heavy atom. The van der Waals surface area contributed by atoms with Gasteiger partial charge in [-0.05, 0) is 55.0 Å². The Morgan fingerprint density at radius 2 is 1.95 bits per heavy atom. The van der Waals surface area contributed by atoms with Crippen molar-refractivity contribution in [3.05, 3.63) is 95.9 Å². The molecule has 0 saturated heterocycles. The summed E-state index contributed by atoms with van der Waals surface area (Å²) in [6, 6.07) is 13.8. The third-order valence-electron chi connectivity index (χ3n) is 7.36. The lowest BCUT2D eigenvalue weighted by Gasteiger charge is -2.25. The Morgan fingerprint density at radius 3 is 2.81 bits per heavy atom. The van der Waals surface area contributed by atoms with E-state index in [1.807, 2.05) is 33.7 Å². The standard InChI is InChI=1S/C29H25FN6O/c30-23-15-20-12-13-35(24(20)16-25(23)37-22-8-2-1-3-9-22)29-26-27(31)32-17-33-28(26)36(34-29)21-11-10-18-6-4-5-7-19(18)14-21/h1-2,4-8,12-13,15-17,21H,3,9-11,14H2,(H2,31,32,33). The van der Waals surface area contributed by atoms with E-state index in [1.165, 1.54) is 23.5 Å². The number of ether oxygens (including phenoxy) is 1. The molecule has 3 aromatic heterocycles. The molecule has 2 aliphatic carbocycles. The van der Waals surface area contributed by atoms with E-state index < -0.39 is 5.82 Å². The first kappa shape index (κ1) is 21.8. The minimum atomic E-state index is -0.403. The molecule has 7 nitrogen and oxygen atoms in total. The van der Waals surface area contributed by atoms with Gasteiger partial charge in [0.2, 0.25) is 0 Å². The number of hydrogen-bond acceptors (Lipinski definition) is 5. The number of nitrogens with zero attached hydrogens (tertiary/aromatic N) is 5. The second-order valence-electron chi connectivity index (χ2n) is 9.62. The zero-order chi connectivity index (χ0) is 24.9. The van der Waals surface area contributed by atoms with E-state index in [2.05, 4.69) is 40.3 Å². The van der Waals surface area contributed by atoms with E-state index in [0.29, 0.717) is 22.7 Å². The molecule has 1 unspecified atom stereocenters. The molecule has 8 heteroatoms. The summed E-state index contributed by atoms with van der Waals surface area (Å²) < 4.78 is 24.8. The maximum atomic E-state index is 14.9. The number of halogens is 1. The monoisotopic (exact) mass is 492 g/mol. The molecule has 1 atom stereocenters. The molecule has 2 aliphatic rings. The van der Waals surface area contributed by atoms with Crippen LogP contribution in [0.2, 0.25) is 0 Å². The molecule has 0 aliphatic heterocycles. The van der Waals surface area contributed by atoms with Gasteiger partial charge in [0.15, 0.2) is 23.0 Å². The van der Waals surface area contributed by atoms with Crippen molar-refractivity contribution in [2.45, 2.75) is 38.1 Å². The summed E-state index contributed by atoms with van der Waals surface area (Å²) in [5.74, 6) is 1.51. The minimum absolute atomic E-state index is 0.143. The topological polar surface area (TPSA) is 83.8 Å². The lowest BCUT2D eigenvalue weighted by atomic mass is 9.88. The van der Waals surface area contributed by atoms with Gasteiger partial charge in [-0.15, -0.1) is 0 Å². The van der Waals surface area contributed by atoms with Gasteiger partial charge in [-0.2, -0.15) is 5.10 Å². The van der Waals surface area contributed by atoms with E-state index in [0.717, 1.165) is 48.8 Å². The number of hydrogen-bond donors (Lipinski definition) is 1. The summed E-state index contributed by atoms with van der Waals surface area (Å²) in [5, 5.41) is 6.48. The molecule has 0 radical (unpaired) electrons. The average molecular weight is 493 g/mol. The molecule has 2 aromatic carbocycles. The van der Waals surface area contributed by atoms with Crippen molar-refractivity contribution in [1.29, 1.82) is 0 Å². The molecule has 3 heterocycles. The van der Waals surface area contributed by atoms with Crippen molar-refractivity contribution in [3.63, 3.8) is 0 Å². The van der Waals surface area contributed by atoms with Crippen molar-refractivity contribution >= 4 is 27.8 Å². The maximum Gasteiger partial charge on any atom is 0.172 e. The highest BCUT2D eigenvalue weighted by molar-refractivity contribution is 5.95. The van der Waals surface area contributed by atoms with Crippen molar-refractivity contribution in [1.82, 2.24) is 24.3 Å². The lowest BCUT2D eigenvalue weighted by molar-refractivity contribution is 0.379. The second-order valence-corrected chi connectivity index (χ2v) is 9.62. The third-order valence-corrected chi connectivity index (χ3v) is 7.36. The number of anilines is 1. The predicted octanol–water partition coefficient (Wildman–Crippen LogP) is 5.83. The van der Waals surface area contributed by atoms with Crippen LogP contribution in [0.15, 0.2) is 79.0 Å². The van der Waals surface area contributed by atoms with Gasteiger partial charge < -0.3 is 10.5 Å².